The Morgan fingerprint density at radius 1 is 1.19 bits per heavy atom. The van der Waals surface area contributed by atoms with Crippen LogP contribution >= 0.6 is 23.1 Å². The zero-order chi connectivity index (χ0) is 22.0. The highest BCUT2D eigenvalue weighted by Crippen LogP contribution is 2.27. The van der Waals surface area contributed by atoms with E-state index in [9.17, 15) is 4.79 Å². The van der Waals surface area contributed by atoms with Crippen LogP contribution in [-0.2, 0) is 4.79 Å². The Kier molecular flexibility index (Phi) is 6.10. The second kappa shape index (κ2) is 8.94. The Bertz CT molecular complexity index is 1180. The van der Waals surface area contributed by atoms with Crippen LogP contribution in [0, 0.1) is 20.8 Å². The predicted octanol–water partition coefficient (Wildman–Crippen LogP) is 3.16. The van der Waals surface area contributed by atoms with Crippen molar-refractivity contribution in [2.75, 3.05) is 11.6 Å². The average Bonchev–Trinajstić information content (AvgIpc) is 3.46. The van der Waals surface area contributed by atoms with Crippen LogP contribution in [-0.4, -0.2) is 36.3 Å². The molecule has 0 saturated carbocycles. The van der Waals surface area contributed by atoms with Crippen LogP contribution < -0.4 is 11.2 Å². The third kappa shape index (κ3) is 4.64. The number of amides is 1. The van der Waals surface area contributed by atoms with Gasteiger partial charge in [-0.05, 0) is 43.8 Å². The molecule has 1 aromatic carbocycles. The number of nitrogens with zero attached hydrogens (tertiary/aromatic N) is 5. The monoisotopic (exact) mass is 453 g/mol. The maximum Gasteiger partial charge on any atom is 0.271 e. The molecule has 0 aliphatic rings. The van der Waals surface area contributed by atoms with Gasteiger partial charge in [0.15, 0.2) is 0 Å². The Balaban J connectivity index is 1.46. The number of carbonyl (C=O) groups is 1. The Hall–Kier alpha value is -3.11. The molecule has 8 nitrogen and oxygen atoms in total. The molecule has 4 aromatic rings. The summed E-state index contributed by atoms with van der Waals surface area (Å²) in [6, 6.07) is 13.9. The van der Waals surface area contributed by atoms with Crippen molar-refractivity contribution >= 4 is 29.0 Å². The Morgan fingerprint density at radius 2 is 1.97 bits per heavy atom. The van der Waals surface area contributed by atoms with Crippen molar-refractivity contribution in [3.63, 3.8) is 0 Å². The summed E-state index contributed by atoms with van der Waals surface area (Å²) in [4.78, 5) is 13.8. The molecule has 1 amide bonds. The van der Waals surface area contributed by atoms with Gasteiger partial charge in [-0.25, -0.2) is 9.36 Å². The van der Waals surface area contributed by atoms with Gasteiger partial charge in [0.1, 0.15) is 0 Å². The molecule has 0 spiro atoms. The number of rotatable bonds is 7. The third-order valence-corrected chi connectivity index (χ3v) is 6.60. The second-order valence-corrected chi connectivity index (χ2v) is 9.13. The first-order valence-electron chi connectivity index (χ1n) is 9.68. The van der Waals surface area contributed by atoms with Gasteiger partial charge in [-0.1, -0.05) is 47.7 Å². The van der Waals surface area contributed by atoms with E-state index in [1.807, 2.05) is 68.6 Å². The Labute approximate surface area is 188 Å². The van der Waals surface area contributed by atoms with Crippen molar-refractivity contribution in [3.8, 4) is 5.95 Å². The number of aromatic nitrogens is 5. The van der Waals surface area contributed by atoms with E-state index in [1.165, 1.54) is 22.0 Å². The molecule has 10 heteroatoms. The minimum absolute atomic E-state index is 0.111. The van der Waals surface area contributed by atoms with E-state index in [-0.39, 0.29) is 17.7 Å². The maximum atomic E-state index is 12.8. The highest BCUT2D eigenvalue weighted by Gasteiger charge is 2.20. The van der Waals surface area contributed by atoms with Gasteiger partial charge in [-0.2, -0.15) is 5.10 Å². The lowest BCUT2D eigenvalue weighted by Gasteiger charge is -2.18. The number of hydrogen-bond donors (Lipinski definition) is 2. The summed E-state index contributed by atoms with van der Waals surface area (Å²) in [5, 5.41) is 18.2. The lowest BCUT2D eigenvalue weighted by atomic mass is 10.0. The van der Waals surface area contributed by atoms with Crippen LogP contribution in [0.15, 0.2) is 53.0 Å². The summed E-state index contributed by atoms with van der Waals surface area (Å²) in [5.74, 6) is 6.63. The van der Waals surface area contributed by atoms with E-state index >= 15 is 0 Å². The van der Waals surface area contributed by atoms with Gasteiger partial charge in [0.05, 0.1) is 17.5 Å². The molecule has 1 unspecified atom stereocenters. The highest BCUT2D eigenvalue weighted by molar-refractivity contribution is 7.99. The molecule has 3 aromatic heterocycles. The van der Waals surface area contributed by atoms with Gasteiger partial charge in [-0.15, -0.1) is 21.5 Å². The van der Waals surface area contributed by atoms with E-state index in [4.69, 9.17) is 5.84 Å². The third-order valence-electron chi connectivity index (χ3n) is 4.72. The van der Waals surface area contributed by atoms with Gasteiger partial charge in [-0.3, -0.25) is 4.79 Å². The molecule has 0 saturated heterocycles. The number of benzene rings is 1. The molecule has 3 N–H and O–H groups in total. The zero-order valence-electron chi connectivity index (χ0n) is 17.4. The molecular weight excluding hydrogens is 430 g/mol. The van der Waals surface area contributed by atoms with Crippen LogP contribution in [0.1, 0.15) is 33.4 Å². The lowest BCUT2D eigenvalue weighted by Crippen LogP contribution is -2.30. The number of thiophene rings is 1. The SMILES string of the molecule is Cc1ccc(C(NC(=O)CSc2nnc(-n3nc(C)cc3C)n2N)c2cccs2)cc1. The van der Waals surface area contributed by atoms with Gasteiger partial charge in [0.2, 0.25) is 11.1 Å². The summed E-state index contributed by atoms with van der Waals surface area (Å²) < 4.78 is 2.99. The summed E-state index contributed by atoms with van der Waals surface area (Å²) in [6.45, 7) is 5.87. The first-order chi connectivity index (χ1) is 14.9. The number of nitrogen functional groups attached to an aromatic ring is 1. The molecule has 160 valence electrons. The summed E-state index contributed by atoms with van der Waals surface area (Å²) in [7, 11) is 0. The molecule has 4 rings (SSSR count). The lowest BCUT2D eigenvalue weighted by molar-refractivity contribution is -0.119. The molecule has 3 heterocycles. The van der Waals surface area contributed by atoms with E-state index in [2.05, 4.69) is 20.6 Å². The molecule has 0 aliphatic heterocycles. The summed E-state index contributed by atoms with van der Waals surface area (Å²) in [6.07, 6.45) is 0. The molecule has 0 fully saturated rings. The average molecular weight is 454 g/mol. The fraction of sp³-hybridized carbons (Fsp3) is 0.238. The number of thioether (sulfide) groups is 1. The first-order valence-corrected chi connectivity index (χ1v) is 11.5. The first kappa shape index (κ1) is 21.1. The minimum Gasteiger partial charge on any atom is -0.344 e. The van der Waals surface area contributed by atoms with Crippen molar-refractivity contribution in [1.29, 1.82) is 0 Å². The maximum absolute atomic E-state index is 12.8. The van der Waals surface area contributed by atoms with Gasteiger partial charge in [0.25, 0.3) is 5.95 Å². The number of aryl methyl sites for hydroxylation is 3. The number of nitrogens with one attached hydrogen (secondary N) is 1. The van der Waals surface area contributed by atoms with Crippen molar-refractivity contribution in [1.82, 2.24) is 30.0 Å². The van der Waals surface area contributed by atoms with Crippen LogP contribution in [0.2, 0.25) is 0 Å². The van der Waals surface area contributed by atoms with E-state index in [0.29, 0.717) is 11.1 Å². The standard InChI is InChI=1S/C21H23N7OS2/c1-13-6-8-16(9-7-13)19(17-5-4-10-30-17)23-18(29)12-31-21-25-24-20(27(21)22)28-15(3)11-14(2)26-28/h4-11,19H,12,22H2,1-3H3,(H,23,29). The number of hydrogen-bond acceptors (Lipinski definition) is 7. The molecule has 0 bridgehead atoms. The largest absolute Gasteiger partial charge is 0.344 e. The van der Waals surface area contributed by atoms with Crippen LogP contribution in [0.4, 0.5) is 0 Å². The molecule has 0 radical (unpaired) electrons. The molecule has 31 heavy (non-hydrogen) atoms. The fourth-order valence-electron chi connectivity index (χ4n) is 3.21. The fourth-order valence-corrected chi connectivity index (χ4v) is 4.67. The van der Waals surface area contributed by atoms with Crippen molar-refractivity contribution in [2.24, 2.45) is 0 Å². The van der Waals surface area contributed by atoms with Gasteiger partial charge in [0, 0.05) is 10.6 Å². The van der Waals surface area contributed by atoms with Crippen LogP contribution in [0.5, 0.6) is 0 Å². The number of carbonyl (C=O) groups excluding carboxylic acids is 1. The smallest absolute Gasteiger partial charge is 0.271 e. The summed E-state index contributed by atoms with van der Waals surface area (Å²) >= 11 is 2.85. The van der Waals surface area contributed by atoms with Crippen molar-refractivity contribution in [3.05, 3.63) is 75.2 Å². The summed E-state index contributed by atoms with van der Waals surface area (Å²) in [5.41, 5.74) is 3.99. The normalized spacial score (nSPS) is 12.1. The topological polar surface area (TPSA) is 104 Å². The predicted molar refractivity (Wildman–Crippen MR) is 123 cm³/mol. The van der Waals surface area contributed by atoms with Crippen LogP contribution in [0.25, 0.3) is 5.95 Å². The van der Waals surface area contributed by atoms with Crippen LogP contribution in [0.3, 0.4) is 0 Å². The van der Waals surface area contributed by atoms with Crippen molar-refractivity contribution in [2.45, 2.75) is 32.0 Å². The van der Waals surface area contributed by atoms with E-state index < -0.39 is 0 Å². The molecular formula is C21H23N7OS2. The minimum atomic E-state index is -0.199. The molecule has 0 aliphatic carbocycles. The second-order valence-electron chi connectivity index (χ2n) is 7.21. The molecule has 1 atom stereocenters. The zero-order valence-corrected chi connectivity index (χ0v) is 19.1. The van der Waals surface area contributed by atoms with Gasteiger partial charge >= 0.3 is 0 Å². The quantitative estimate of drug-likeness (QED) is 0.329. The van der Waals surface area contributed by atoms with Gasteiger partial charge < -0.3 is 11.2 Å². The number of nitrogens with two attached hydrogens (primary N) is 1. The Morgan fingerprint density at radius 3 is 2.61 bits per heavy atom. The van der Waals surface area contributed by atoms with Crippen molar-refractivity contribution < 1.29 is 4.79 Å². The van der Waals surface area contributed by atoms with E-state index in [1.54, 1.807) is 16.0 Å². The highest BCUT2D eigenvalue weighted by atomic mass is 32.2. The van der Waals surface area contributed by atoms with E-state index in [0.717, 1.165) is 21.8 Å².